The van der Waals surface area contributed by atoms with Gasteiger partial charge in [-0.3, -0.25) is 14.3 Å². The fourth-order valence-corrected chi connectivity index (χ4v) is 4.41. The van der Waals surface area contributed by atoms with Crippen LogP contribution in [0, 0.1) is 5.82 Å². The molecule has 30 heavy (non-hydrogen) atoms. The Morgan fingerprint density at radius 2 is 1.93 bits per heavy atom. The Morgan fingerprint density at radius 3 is 2.60 bits per heavy atom. The number of fused-ring (bicyclic) bond motifs is 1. The molecule has 1 aliphatic heterocycles. The second-order valence-corrected chi connectivity index (χ2v) is 7.64. The Balaban J connectivity index is 1.96. The minimum Gasteiger partial charge on any atom is -0.463 e. The van der Waals surface area contributed by atoms with Crippen molar-refractivity contribution in [2.45, 2.75) is 19.9 Å². The first-order valence-corrected chi connectivity index (χ1v) is 10.2. The van der Waals surface area contributed by atoms with Crippen molar-refractivity contribution in [3.63, 3.8) is 0 Å². The topological polar surface area (TPSA) is 73.6 Å². The minimum absolute atomic E-state index is 0.193. The number of thiazole rings is 1. The van der Waals surface area contributed by atoms with Crippen LogP contribution in [0.2, 0.25) is 0 Å². The van der Waals surface area contributed by atoms with E-state index in [1.54, 1.807) is 56.6 Å². The molecule has 6 nitrogen and oxygen atoms in total. The molecule has 1 unspecified atom stereocenters. The van der Waals surface area contributed by atoms with E-state index in [0.29, 0.717) is 20.6 Å². The van der Waals surface area contributed by atoms with E-state index in [9.17, 15) is 14.0 Å². The lowest BCUT2D eigenvalue weighted by Gasteiger charge is -2.24. The van der Waals surface area contributed by atoms with Crippen LogP contribution in [0.4, 0.5) is 4.39 Å². The summed E-state index contributed by atoms with van der Waals surface area (Å²) in [5.74, 6) is -0.946. The molecule has 0 radical (unpaired) electrons. The highest BCUT2D eigenvalue weighted by atomic mass is 32.1. The lowest BCUT2D eigenvalue weighted by Crippen LogP contribution is -2.39. The molecular weight excluding hydrogens is 405 g/mol. The second kappa shape index (κ2) is 8.16. The largest absolute Gasteiger partial charge is 0.463 e. The van der Waals surface area contributed by atoms with E-state index < -0.39 is 17.8 Å². The number of nitrogens with zero attached hydrogens (tertiary/aromatic N) is 3. The molecule has 0 bridgehead atoms. The maximum Gasteiger partial charge on any atom is 0.338 e. The molecule has 0 N–H and O–H groups in total. The number of ether oxygens (including phenoxy) is 1. The van der Waals surface area contributed by atoms with Gasteiger partial charge in [0.15, 0.2) is 4.80 Å². The molecule has 0 aliphatic carbocycles. The number of hydrogen-bond donors (Lipinski definition) is 0. The Labute approximate surface area is 175 Å². The zero-order valence-electron chi connectivity index (χ0n) is 16.3. The summed E-state index contributed by atoms with van der Waals surface area (Å²) in [7, 11) is 0. The van der Waals surface area contributed by atoms with Gasteiger partial charge in [-0.1, -0.05) is 23.5 Å². The molecule has 0 fully saturated rings. The maximum absolute atomic E-state index is 13.5. The van der Waals surface area contributed by atoms with Gasteiger partial charge in [-0.2, -0.15) is 0 Å². The molecular formula is C22H18FN3O3S. The zero-order chi connectivity index (χ0) is 21.3. The lowest BCUT2D eigenvalue weighted by molar-refractivity contribution is -0.139. The predicted octanol–water partition coefficient (Wildman–Crippen LogP) is 2.33. The molecule has 1 aliphatic rings. The summed E-state index contributed by atoms with van der Waals surface area (Å²) in [6.45, 7) is 3.62. The highest BCUT2D eigenvalue weighted by Gasteiger charge is 2.33. The summed E-state index contributed by atoms with van der Waals surface area (Å²) in [6.07, 6.45) is 5.05. The first kappa shape index (κ1) is 19.9. The zero-order valence-corrected chi connectivity index (χ0v) is 17.1. The van der Waals surface area contributed by atoms with Crippen molar-refractivity contribution in [2.75, 3.05) is 6.61 Å². The van der Waals surface area contributed by atoms with Gasteiger partial charge in [0, 0.05) is 12.4 Å². The van der Waals surface area contributed by atoms with Gasteiger partial charge in [-0.15, -0.1) is 0 Å². The Morgan fingerprint density at radius 1 is 1.23 bits per heavy atom. The van der Waals surface area contributed by atoms with E-state index in [4.69, 9.17) is 4.74 Å². The lowest BCUT2D eigenvalue weighted by atomic mass is 9.96. The molecule has 1 atom stereocenters. The summed E-state index contributed by atoms with van der Waals surface area (Å²) in [5.41, 5.74) is 1.89. The Kier molecular flexibility index (Phi) is 5.41. The van der Waals surface area contributed by atoms with Crippen LogP contribution < -0.4 is 14.9 Å². The summed E-state index contributed by atoms with van der Waals surface area (Å²) >= 11 is 1.24. The van der Waals surface area contributed by atoms with E-state index in [1.807, 2.05) is 0 Å². The van der Waals surface area contributed by atoms with Gasteiger partial charge in [-0.25, -0.2) is 14.2 Å². The van der Waals surface area contributed by atoms with Gasteiger partial charge in [0.25, 0.3) is 5.56 Å². The maximum atomic E-state index is 13.5. The van der Waals surface area contributed by atoms with Crippen molar-refractivity contribution in [1.29, 1.82) is 0 Å². The van der Waals surface area contributed by atoms with Gasteiger partial charge in [0.05, 0.1) is 28.5 Å². The van der Waals surface area contributed by atoms with Crippen LogP contribution in [0.25, 0.3) is 6.08 Å². The number of pyridine rings is 1. The number of aromatic nitrogens is 2. The molecule has 0 saturated carbocycles. The molecule has 3 heterocycles. The molecule has 2 aromatic heterocycles. The molecule has 4 rings (SSSR count). The van der Waals surface area contributed by atoms with Crippen molar-refractivity contribution < 1.29 is 13.9 Å². The van der Waals surface area contributed by atoms with E-state index >= 15 is 0 Å². The van der Waals surface area contributed by atoms with E-state index in [2.05, 4.69) is 9.98 Å². The summed E-state index contributed by atoms with van der Waals surface area (Å²) in [5, 5.41) is 0. The molecule has 3 aromatic rings. The van der Waals surface area contributed by atoms with E-state index in [0.717, 1.165) is 5.56 Å². The number of allylic oxidation sites excluding steroid dienone is 1. The number of hydrogen-bond acceptors (Lipinski definition) is 6. The van der Waals surface area contributed by atoms with Crippen LogP contribution in [0.3, 0.4) is 0 Å². The fourth-order valence-electron chi connectivity index (χ4n) is 3.36. The minimum atomic E-state index is -0.750. The van der Waals surface area contributed by atoms with Crippen molar-refractivity contribution in [3.05, 3.63) is 96.7 Å². The number of carbonyl (C=O) groups excluding carboxylic acids is 1. The highest BCUT2D eigenvalue weighted by molar-refractivity contribution is 7.07. The van der Waals surface area contributed by atoms with Crippen molar-refractivity contribution in [3.8, 4) is 0 Å². The van der Waals surface area contributed by atoms with Crippen molar-refractivity contribution in [2.24, 2.45) is 4.99 Å². The van der Waals surface area contributed by atoms with Crippen LogP contribution in [-0.2, 0) is 9.53 Å². The standard InChI is InChI=1S/C22H18FN3O3S/c1-3-29-21(28)18-13(2)25-22-26(19(18)15-4-6-16(23)7-5-15)20(27)17(30-22)12-14-8-10-24-11-9-14/h4-12,19H,3H2,1-2H3/b17-12-. The van der Waals surface area contributed by atoms with Crippen LogP contribution in [0.1, 0.15) is 31.0 Å². The third-order valence-electron chi connectivity index (χ3n) is 4.71. The molecule has 1 aromatic carbocycles. The fraction of sp³-hybridized carbons (Fsp3) is 0.182. The molecule has 0 amide bonds. The number of rotatable bonds is 4. The first-order chi connectivity index (χ1) is 14.5. The van der Waals surface area contributed by atoms with Gasteiger partial charge < -0.3 is 4.74 Å². The summed E-state index contributed by atoms with van der Waals surface area (Å²) in [6, 6.07) is 8.59. The quantitative estimate of drug-likeness (QED) is 0.604. The summed E-state index contributed by atoms with van der Waals surface area (Å²) in [4.78, 5) is 35.0. The average Bonchev–Trinajstić information content (AvgIpc) is 3.03. The SMILES string of the molecule is CCOC(=O)C1=C(C)N=c2s/c(=C\c3ccncc3)c(=O)n2C1c1ccc(F)cc1. The van der Waals surface area contributed by atoms with Crippen LogP contribution >= 0.6 is 11.3 Å². The van der Waals surface area contributed by atoms with E-state index in [1.165, 1.54) is 28.0 Å². The van der Waals surface area contributed by atoms with E-state index in [-0.39, 0.29) is 17.7 Å². The third-order valence-corrected chi connectivity index (χ3v) is 5.69. The number of carbonyl (C=O) groups is 1. The monoisotopic (exact) mass is 423 g/mol. The number of halogens is 1. The van der Waals surface area contributed by atoms with Crippen molar-refractivity contribution >= 4 is 23.4 Å². The number of esters is 1. The highest BCUT2D eigenvalue weighted by Crippen LogP contribution is 2.30. The molecule has 0 saturated heterocycles. The average molecular weight is 423 g/mol. The van der Waals surface area contributed by atoms with Gasteiger partial charge >= 0.3 is 5.97 Å². The van der Waals surface area contributed by atoms with Gasteiger partial charge in [0.1, 0.15) is 5.82 Å². The molecule has 152 valence electrons. The summed E-state index contributed by atoms with van der Waals surface area (Å²) < 4.78 is 20.7. The van der Waals surface area contributed by atoms with Crippen LogP contribution in [0.15, 0.2) is 69.8 Å². The smallest absolute Gasteiger partial charge is 0.338 e. The van der Waals surface area contributed by atoms with Crippen molar-refractivity contribution in [1.82, 2.24) is 9.55 Å². The normalized spacial score (nSPS) is 16.2. The molecule has 0 spiro atoms. The van der Waals surface area contributed by atoms with Gasteiger partial charge in [0.2, 0.25) is 0 Å². The molecule has 8 heteroatoms. The van der Waals surface area contributed by atoms with Crippen LogP contribution in [-0.4, -0.2) is 22.1 Å². The predicted molar refractivity (Wildman–Crippen MR) is 111 cm³/mol. The van der Waals surface area contributed by atoms with Gasteiger partial charge in [-0.05, 0) is 55.3 Å². The van der Waals surface area contributed by atoms with Crippen LogP contribution in [0.5, 0.6) is 0 Å². The third kappa shape index (κ3) is 3.61. The number of benzene rings is 1. The Hall–Kier alpha value is -3.39. The second-order valence-electron chi connectivity index (χ2n) is 6.63. The first-order valence-electron chi connectivity index (χ1n) is 9.34. The Bertz CT molecular complexity index is 1310.